The molecule has 1 heterocycles. The average Bonchev–Trinajstić information content (AvgIpc) is 2.45. The lowest BCUT2D eigenvalue weighted by Gasteiger charge is -2.14. The molecule has 1 aromatic rings. The van der Waals surface area contributed by atoms with Gasteiger partial charge in [0.25, 0.3) is 11.7 Å². The SMILES string of the molecule is O=C1C(=O)N(CCO)c2cccc(Cl)c21. The molecule has 2 rings (SSSR count). The Labute approximate surface area is 91.1 Å². The standard InChI is InChI=1S/C10H8ClNO3/c11-6-2-1-3-7-8(6)9(14)10(15)12(7)4-5-13/h1-3,13H,4-5H2. The Bertz CT molecular complexity index is 444. The molecule has 1 N–H and O–H groups in total. The summed E-state index contributed by atoms with van der Waals surface area (Å²) in [5.41, 5.74) is 0.712. The van der Waals surface area contributed by atoms with Gasteiger partial charge in [-0.25, -0.2) is 0 Å². The van der Waals surface area contributed by atoms with Crippen molar-refractivity contribution in [1.82, 2.24) is 0 Å². The minimum Gasteiger partial charge on any atom is -0.395 e. The molecule has 1 aliphatic heterocycles. The second-order valence-corrected chi connectivity index (χ2v) is 3.55. The number of ketones is 1. The second-order valence-electron chi connectivity index (χ2n) is 3.14. The van der Waals surface area contributed by atoms with Crippen molar-refractivity contribution in [2.75, 3.05) is 18.1 Å². The van der Waals surface area contributed by atoms with E-state index in [9.17, 15) is 9.59 Å². The first-order valence-corrected chi connectivity index (χ1v) is 4.80. The zero-order chi connectivity index (χ0) is 11.0. The van der Waals surface area contributed by atoms with Gasteiger partial charge in [0.2, 0.25) is 0 Å². The van der Waals surface area contributed by atoms with Crippen molar-refractivity contribution in [2.45, 2.75) is 0 Å². The molecule has 4 nitrogen and oxygen atoms in total. The van der Waals surface area contributed by atoms with Crippen molar-refractivity contribution in [2.24, 2.45) is 0 Å². The van der Waals surface area contributed by atoms with Gasteiger partial charge in [0.05, 0.1) is 22.9 Å². The molecule has 0 aromatic heterocycles. The molecule has 15 heavy (non-hydrogen) atoms. The van der Waals surface area contributed by atoms with Gasteiger partial charge in [0.1, 0.15) is 0 Å². The maximum Gasteiger partial charge on any atom is 0.299 e. The Morgan fingerprint density at radius 2 is 2.07 bits per heavy atom. The number of rotatable bonds is 2. The molecule has 0 atom stereocenters. The van der Waals surface area contributed by atoms with Crippen molar-refractivity contribution in [3.63, 3.8) is 0 Å². The van der Waals surface area contributed by atoms with Crippen LogP contribution < -0.4 is 4.90 Å². The fraction of sp³-hybridized carbons (Fsp3) is 0.200. The topological polar surface area (TPSA) is 57.6 Å². The molecule has 1 aliphatic rings. The van der Waals surface area contributed by atoms with Crippen molar-refractivity contribution in [3.05, 3.63) is 28.8 Å². The average molecular weight is 226 g/mol. The number of anilines is 1. The van der Waals surface area contributed by atoms with Gasteiger partial charge in [0, 0.05) is 6.54 Å². The van der Waals surface area contributed by atoms with Crippen molar-refractivity contribution < 1.29 is 14.7 Å². The number of aliphatic hydroxyl groups is 1. The summed E-state index contributed by atoms with van der Waals surface area (Å²) in [6.45, 7) is -0.0805. The van der Waals surface area contributed by atoms with Gasteiger partial charge >= 0.3 is 0 Å². The zero-order valence-electron chi connectivity index (χ0n) is 7.74. The number of fused-ring (bicyclic) bond motifs is 1. The van der Waals surface area contributed by atoms with Gasteiger partial charge in [-0.2, -0.15) is 0 Å². The summed E-state index contributed by atoms with van der Waals surface area (Å²) >= 11 is 5.83. The van der Waals surface area contributed by atoms with Crippen LogP contribution in [0.25, 0.3) is 0 Å². The largest absolute Gasteiger partial charge is 0.395 e. The van der Waals surface area contributed by atoms with Crippen LogP contribution in [0.2, 0.25) is 5.02 Å². The highest BCUT2D eigenvalue weighted by Gasteiger charge is 2.36. The summed E-state index contributed by atoms with van der Waals surface area (Å²) in [6.07, 6.45) is 0. The van der Waals surface area contributed by atoms with E-state index >= 15 is 0 Å². The zero-order valence-corrected chi connectivity index (χ0v) is 8.49. The number of benzene rings is 1. The molecule has 1 amide bonds. The lowest BCUT2D eigenvalue weighted by atomic mass is 10.1. The van der Waals surface area contributed by atoms with Crippen LogP contribution in [0.3, 0.4) is 0 Å². The van der Waals surface area contributed by atoms with Crippen LogP contribution in [0.1, 0.15) is 10.4 Å². The molecule has 78 valence electrons. The van der Waals surface area contributed by atoms with Crippen LogP contribution in [0.5, 0.6) is 0 Å². The summed E-state index contributed by atoms with van der Waals surface area (Å²) in [5.74, 6) is -1.24. The summed E-state index contributed by atoms with van der Waals surface area (Å²) in [7, 11) is 0. The van der Waals surface area contributed by atoms with Crippen LogP contribution in [-0.4, -0.2) is 29.9 Å². The van der Waals surface area contributed by atoms with Gasteiger partial charge in [-0.1, -0.05) is 17.7 Å². The Kier molecular flexibility index (Phi) is 2.46. The summed E-state index contributed by atoms with van der Waals surface area (Å²) in [5, 5.41) is 9.06. The van der Waals surface area contributed by atoms with E-state index in [4.69, 9.17) is 16.7 Å². The minimum atomic E-state index is -0.632. The Morgan fingerprint density at radius 1 is 1.33 bits per heavy atom. The molecule has 0 radical (unpaired) electrons. The molecule has 0 spiro atoms. The van der Waals surface area contributed by atoms with Crippen molar-refractivity contribution in [1.29, 1.82) is 0 Å². The maximum absolute atomic E-state index is 11.5. The highest BCUT2D eigenvalue weighted by atomic mass is 35.5. The van der Waals surface area contributed by atoms with E-state index in [0.29, 0.717) is 5.69 Å². The molecule has 1 aromatic carbocycles. The molecule has 0 saturated heterocycles. The third-order valence-electron chi connectivity index (χ3n) is 2.27. The lowest BCUT2D eigenvalue weighted by Crippen LogP contribution is -2.32. The minimum absolute atomic E-state index is 0.109. The number of carbonyl (C=O) groups is 2. The fourth-order valence-corrected chi connectivity index (χ4v) is 1.88. The molecular formula is C10H8ClNO3. The quantitative estimate of drug-likeness (QED) is 0.760. The Hall–Kier alpha value is -1.39. The van der Waals surface area contributed by atoms with Crippen LogP contribution in [-0.2, 0) is 4.79 Å². The number of aliphatic hydroxyl groups excluding tert-OH is 1. The molecule has 0 aliphatic carbocycles. The van der Waals surface area contributed by atoms with Crippen LogP contribution in [0.4, 0.5) is 5.69 Å². The molecule has 0 saturated carbocycles. The van der Waals surface area contributed by atoms with Gasteiger partial charge in [-0.05, 0) is 12.1 Å². The van der Waals surface area contributed by atoms with Crippen molar-refractivity contribution in [3.8, 4) is 0 Å². The van der Waals surface area contributed by atoms with E-state index in [0.717, 1.165) is 0 Å². The Morgan fingerprint density at radius 3 is 2.73 bits per heavy atom. The smallest absolute Gasteiger partial charge is 0.299 e. The number of β-amino-alcohol motifs (C(OH)–C–C–N with tert-alkyl or cyclic N) is 1. The number of Topliss-reactive ketones (excluding diaryl/α,β-unsaturated/α-hetero) is 1. The first kappa shape index (κ1) is 10.1. The van der Waals surface area contributed by atoms with Gasteiger partial charge in [-0.15, -0.1) is 0 Å². The molecule has 5 heteroatoms. The monoisotopic (exact) mass is 225 g/mol. The normalized spacial score (nSPS) is 14.7. The number of halogens is 1. The second kappa shape index (κ2) is 3.64. The number of nitrogens with zero attached hydrogens (tertiary/aromatic N) is 1. The molecule has 0 fully saturated rings. The summed E-state index contributed by atoms with van der Waals surface area (Å²) in [6, 6.07) is 4.87. The summed E-state index contributed by atoms with van der Waals surface area (Å²) < 4.78 is 0. The third-order valence-corrected chi connectivity index (χ3v) is 2.59. The number of amides is 1. The van der Waals surface area contributed by atoms with E-state index in [-0.39, 0.29) is 23.7 Å². The third kappa shape index (κ3) is 1.42. The predicted molar refractivity (Wildman–Crippen MR) is 55.2 cm³/mol. The summed E-state index contributed by atoms with van der Waals surface area (Å²) in [4.78, 5) is 24.3. The predicted octanol–water partition coefficient (Wildman–Crippen LogP) is 0.862. The van der Waals surface area contributed by atoms with E-state index in [1.807, 2.05) is 0 Å². The first-order chi connectivity index (χ1) is 7.16. The Balaban J connectivity index is 2.55. The van der Waals surface area contributed by atoms with Crippen LogP contribution in [0.15, 0.2) is 18.2 Å². The number of carbonyl (C=O) groups excluding carboxylic acids is 2. The maximum atomic E-state index is 11.5. The highest BCUT2D eigenvalue weighted by molar-refractivity contribution is 6.55. The lowest BCUT2D eigenvalue weighted by molar-refractivity contribution is -0.114. The van der Waals surface area contributed by atoms with Crippen LogP contribution >= 0.6 is 11.6 Å². The van der Waals surface area contributed by atoms with Gasteiger partial charge in [-0.3, -0.25) is 9.59 Å². The van der Waals surface area contributed by atoms with Gasteiger partial charge in [0.15, 0.2) is 0 Å². The van der Waals surface area contributed by atoms with Crippen LogP contribution in [0, 0.1) is 0 Å². The van der Waals surface area contributed by atoms with E-state index in [1.165, 1.54) is 4.90 Å². The number of hydrogen-bond donors (Lipinski definition) is 1. The first-order valence-electron chi connectivity index (χ1n) is 4.42. The van der Waals surface area contributed by atoms with Crippen molar-refractivity contribution >= 4 is 29.0 Å². The molecular weight excluding hydrogens is 218 g/mol. The molecule has 0 unspecified atom stereocenters. The van der Waals surface area contributed by atoms with E-state index in [1.54, 1.807) is 18.2 Å². The van der Waals surface area contributed by atoms with E-state index in [2.05, 4.69) is 0 Å². The highest BCUT2D eigenvalue weighted by Crippen LogP contribution is 2.33. The van der Waals surface area contributed by atoms with Gasteiger partial charge < -0.3 is 10.0 Å². The number of hydrogen-bond acceptors (Lipinski definition) is 3. The van der Waals surface area contributed by atoms with E-state index < -0.39 is 11.7 Å². The fourth-order valence-electron chi connectivity index (χ4n) is 1.62. The molecule has 0 bridgehead atoms.